The number of ether oxygens (including phenoxy) is 2. The summed E-state index contributed by atoms with van der Waals surface area (Å²) in [5, 5.41) is 0. The van der Waals surface area contributed by atoms with E-state index in [0.717, 1.165) is 48.4 Å². The minimum atomic E-state index is 0.434. The predicted molar refractivity (Wildman–Crippen MR) is 169 cm³/mol. The molecule has 5 aromatic rings. The molecule has 6 heteroatoms. The minimum Gasteiger partial charge on any atom is -0.485 e. The van der Waals surface area contributed by atoms with Gasteiger partial charge in [0.25, 0.3) is 0 Å². The van der Waals surface area contributed by atoms with Crippen LogP contribution in [0.1, 0.15) is 22.6 Å². The van der Waals surface area contributed by atoms with Crippen LogP contribution in [0.25, 0.3) is 23.5 Å². The van der Waals surface area contributed by atoms with E-state index in [0.29, 0.717) is 36.4 Å². The zero-order chi connectivity index (χ0) is 28.6. The Morgan fingerprint density at radius 2 is 1.40 bits per heavy atom. The predicted octanol–water partition coefficient (Wildman–Crippen LogP) is 7.42. The Labute approximate surface area is 247 Å². The first-order chi connectivity index (χ1) is 20.7. The molecule has 0 aliphatic carbocycles. The molecule has 1 aromatic heterocycles. The van der Waals surface area contributed by atoms with E-state index in [1.807, 2.05) is 91.0 Å². The second-order valence-electron chi connectivity index (χ2n) is 10.5. The van der Waals surface area contributed by atoms with Crippen LogP contribution in [0.2, 0.25) is 0 Å². The van der Waals surface area contributed by atoms with E-state index in [1.54, 1.807) is 6.20 Å². The third kappa shape index (κ3) is 7.09. The number of rotatable bonds is 10. The lowest BCUT2D eigenvalue weighted by molar-refractivity contribution is 0.256. The molecule has 212 valence electrons. The van der Waals surface area contributed by atoms with Crippen LogP contribution in [0.3, 0.4) is 0 Å². The Hall–Kier alpha value is -4.81. The van der Waals surface area contributed by atoms with Gasteiger partial charge in [-0.2, -0.15) is 0 Å². The average molecular weight is 558 g/mol. The molecule has 1 aliphatic heterocycles. The van der Waals surface area contributed by atoms with E-state index in [-0.39, 0.29) is 0 Å². The first kappa shape index (κ1) is 27.4. The Bertz CT molecular complexity index is 1610. The highest BCUT2D eigenvalue weighted by atomic mass is 16.5. The molecule has 1 saturated heterocycles. The van der Waals surface area contributed by atoms with Crippen LogP contribution in [-0.2, 0) is 13.2 Å². The van der Waals surface area contributed by atoms with Crippen molar-refractivity contribution >= 4 is 17.8 Å². The number of likely N-dealkylation sites (N-methyl/N-ethyl adjacent to an activating group) is 1. The fourth-order valence-electron chi connectivity index (χ4n) is 4.92. The number of oxazole rings is 1. The lowest BCUT2D eigenvalue weighted by Crippen LogP contribution is -2.44. The van der Waals surface area contributed by atoms with Gasteiger partial charge in [-0.1, -0.05) is 72.8 Å². The molecular formula is C36H35N3O3. The maximum atomic E-state index is 6.25. The molecule has 42 heavy (non-hydrogen) atoms. The van der Waals surface area contributed by atoms with Crippen molar-refractivity contribution in [1.82, 2.24) is 9.88 Å². The minimum absolute atomic E-state index is 0.434. The molecule has 0 radical (unpaired) electrons. The largest absolute Gasteiger partial charge is 0.485 e. The highest BCUT2D eigenvalue weighted by molar-refractivity contribution is 5.70. The van der Waals surface area contributed by atoms with Gasteiger partial charge in [0, 0.05) is 43.5 Å². The Morgan fingerprint density at radius 1 is 0.714 bits per heavy atom. The van der Waals surface area contributed by atoms with Gasteiger partial charge in [0.1, 0.15) is 13.2 Å². The molecule has 0 bridgehead atoms. The van der Waals surface area contributed by atoms with E-state index in [2.05, 4.69) is 46.1 Å². The van der Waals surface area contributed by atoms with E-state index in [4.69, 9.17) is 13.9 Å². The van der Waals surface area contributed by atoms with Gasteiger partial charge in [0.05, 0.1) is 6.20 Å². The second-order valence-corrected chi connectivity index (χ2v) is 10.5. The summed E-state index contributed by atoms with van der Waals surface area (Å²) >= 11 is 0. The van der Waals surface area contributed by atoms with Crippen LogP contribution in [0.4, 0.5) is 5.69 Å². The van der Waals surface area contributed by atoms with Gasteiger partial charge < -0.3 is 23.7 Å². The molecule has 0 spiro atoms. The maximum absolute atomic E-state index is 6.25. The number of hydrogen-bond acceptors (Lipinski definition) is 6. The monoisotopic (exact) mass is 557 g/mol. The molecule has 1 aliphatic rings. The molecule has 4 aromatic carbocycles. The molecule has 1 fully saturated rings. The Morgan fingerprint density at radius 3 is 2.12 bits per heavy atom. The van der Waals surface area contributed by atoms with Crippen molar-refractivity contribution in [2.24, 2.45) is 0 Å². The summed E-state index contributed by atoms with van der Waals surface area (Å²) in [7, 11) is 2.17. The van der Waals surface area contributed by atoms with Crippen LogP contribution in [0.15, 0.2) is 114 Å². The van der Waals surface area contributed by atoms with Gasteiger partial charge in [-0.15, -0.1) is 0 Å². The molecule has 6 nitrogen and oxygen atoms in total. The van der Waals surface area contributed by atoms with Crippen LogP contribution in [0, 0.1) is 0 Å². The molecular weight excluding hydrogens is 522 g/mol. The molecule has 0 atom stereocenters. The summed E-state index contributed by atoms with van der Waals surface area (Å²) in [5.74, 6) is 2.55. The third-order valence-electron chi connectivity index (χ3n) is 7.38. The zero-order valence-electron chi connectivity index (χ0n) is 23.9. The average Bonchev–Trinajstić information content (AvgIpc) is 3.53. The summed E-state index contributed by atoms with van der Waals surface area (Å²) in [6.07, 6.45) is 5.71. The Kier molecular flexibility index (Phi) is 8.62. The zero-order valence-corrected chi connectivity index (χ0v) is 23.9. The molecule has 0 saturated carbocycles. The third-order valence-corrected chi connectivity index (χ3v) is 7.38. The van der Waals surface area contributed by atoms with Gasteiger partial charge >= 0.3 is 0 Å². The van der Waals surface area contributed by atoms with Gasteiger partial charge in [0.15, 0.2) is 17.3 Å². The van der Waals surface area contributed by atoms with Crippen molar-refractivity contribution in [3.63, 3.8) is 0 Å². The number of piperazine rings is 1. The lowest BCUT2D eigenvalue weighted by Gasteiger charge is -2.34. The van der Waals surface area contributed by atoms with Crippen molar-refractivity contribution < 1.29 is 13.9 Å². The fraction of sp³-hybridized carbons (Fsp3) is 0.194. The molecule has 6 rings (SSSR count). The fourth-order valence-corrected chi connectivity index (χ4v) is 4.92. The van der Waals surface area contributed by atoms with Crippen LogP contribution in [0.5, 0.6) is 11.5 Å². The number of anilines is 1. The smallest absolute Gasteiger partial charge is 0.219 e. The first-order valence-corrected chi connectivity index (χ1v) is 14.3. The standard InChI is InChI=1S/C36H35N3O3/c1-38-19-21-39(22-20-38)32-14-8-13-28(23-32)15-18-36-37-25-35(42-36)31-16-17-33(40-26-29-9-4-2-5-10-29)34(24-31)41-27-30-11-6-3-7-12-30/h2-18,23-25H,19-22,26-27H2,1H3/b18-15+. The number of benzene rings is 4. The number of nitrogens with zero attached hydrogens (tertiary/aromatic N) is 3. The van der Waals surface area contributed by atoms with Crippen molar-refractivity contribution in [2.45, 2.75) is 13.2 Å². The quantitative estimate of drug-likeness (QED) is 0.178. The summed E-state index contributed by atoms with van der Waals surface area (Å²) in [5.41, 5.74) is 5.41. The lowest BCUT2D eigenvalue weighted by atomic mass is 10.1. The summed E-state index contributed by atoms with van der Waals surface area (Å²) in [6, 6.07) is 34.7. The van der Waals surface area contributed by atoms with Crippen LogP contribution < -0.4 is 14.4 Å². The first-order valence-electron chi connectivity index (χ1n) is 14.3. The van der Waals surface area contributed by atoms with Crippen LogP contribution in [-0.4, -0.2) is 43.1 Å². The van der Waals surface area contributed by atoms with Gasteiger partial charge in [-0.25, -0.2) is 4.98 Å². The van der Waals surface area contributed by atoms with Crippen molar-refractivity contribution in [2.75, 3.05) is 38.1 Å². The highest BCUT2D eigenvalue weighted by Gasteiger charge is 2.15. The second kappa shape index (κ2) is 13.2. The molecule has 0 amide bonds. The van der Waals surface area contributed by atoms with E-state index in [1.165, 1.54) is 5.69 Å². The molecule has 2 heterocycles. The topological polar surface area (TPSA) is 51.0 Å². The summed E-state index contributed by atoms with van der Waals surface area (Å²) in [6.45, 7) is 5.13. The molecule has 0 unspecified atom stereocenters. The Balaban J connectivity index is 1.18. The van der Waals surface area contributed by atoms with Crippen molar-refractivity contribution in [3.8, 4) is 22.8 Å². The van der Waals surface area contributed by atoms with Gasteiger partial charge in [-0.05, 0) is 60.1 Å². The highest BCUT2D eigenvalue weighted by Crippen LogP contribution is 2.34. The molecule has 0 N–H and O–H groups in total. The van der Waals surface area contributed by atoms with E-state index in [9.17, 15) is 0 Å². The van der Waals surface area contributed by atoms with E-state index < -0.39 is 0 Å². The summed E-state index contributed by atoms with van der Waals surface area (Å²) < 4.78 is 18.5. The number of hydrogen-bond donors (Lipinski definition) is 0. The van der Waals surface area contributed by atoms with Crippen molar-refractivity contribution in [1.29, 1.82) is 0 Å². The van der Waals surface area contributed by atoms with Crippen molar-refractivity contribution in [3.05, 3.63) is 132 Å². The summed E-state index contributed by atoms with van der Waals surface area (Å²) in [4.78, 5) is 9.31. The number of aromatic nitrogens is 1. The normalized spacial score (nSPS) is 13.9. The SMILES string of the molecule is CN1CCN(c2cccc(/C=C/c3ncc(-c4ccc(OCc5ccccc5)c(OCc5ccccc5)c4)o3)c2)CC1. The maximum Gasteiger partial charge on any atom is 0.219 e. The van der Waals surface area contributed by atoms with E-state index >= 15 is 0 Å². The van der Waals surface area contributed by atoms with Crippen LogP contribution >= 0.6 is 0 Å². The van der Waals surface area contributed by atoms with Gasteiger partial charge in [-0.3, -0.25) is 0 Å². The van der Waals surface area contributed by atoms with Gasteiger partial charge in [0.2, 0.25) is 5.89 Å².